The monoisotopic (exact) mass is 240 g/mol. The molecule has 1 N–H and O–H groups in total. The average molecular weight is 240 g/mol. The van der Waals surface area contributed by atoms with E-state index in [2.05, 4.69) is 41.0 Å². The summed E-state index contributed by atoms with van der Waals surface area (Å²) in [5.41, 5.74) is 0. The molecule has 2 fully saturated rings. The molecule has 0 spiro atoms. The van der Waals surface area contributed by atoms with Gasteiger partial charge in [0.25, 0.3) is 0 Å². The second kappa shape index (κ2) is 6.14. The maximum absolute atomic E-state index is 3.42. The van der Waals surface area contributed by atoms with Gasteiger partial charge in [0.05, 0.1) is 0 Å². The summed E-state index contributed by atoms with van der Waals surface area (Å²) in [5.74, 6) is 0. The summed E-state index contributed by atoms with van der Waals surface area (Å²) in [4.78, 5) is 7.62. The van der Waals surface area contributed by atoms with Crippen molar-refractivity contribution in [2.45, 2.75) is 25.4 Å². The Morgan fingerprint density at radius 2 is 2.00 bits per heavy atom. The Kier molecular flexibility index (Phi) is 4.79. The summed E-state index contributed by atoms with van der Waals surface area (Å²) >= 11 is 0. The van der Waals surface area contributed by atoms with Crippen molar-refractivity contribution < 1.29 is 0 Å². The minimum Gasteiger partial charge on any atom is -0.314 e. The Morgan fingerprint density at radius 1 is 1.29 bits per heavy atom. The van der Waals surface area contributed by atoms with Crippen molar-refractivity contribution in [3.05, 3.63) is 0 Å². The SMILES string of the molecule is CC(CN(C)C1CCN(C)C1)N1CCNCC1. The smallest absolute Gasteiger partial charge is 0.0232 e. The molecule has 17 heavy (non-hydrogen) atoms. The van der Waals surface area contributed by atoms with Crippen LogP contribution >= 0.6 is 0 Å². The number of rotatable bonds is 4. The zero-order chi connectivity index (χ0) is 12.3. The Bertz CT molecular complexity index is 219. The minimum absolute atomic E-state index is 0.688. The van der Waals surface area contributed by atoms with Crippen LogP contribution in [-0.4, -0.2) is 86.7 Å². The van der Waals surface area contributed by atoms with Gasteiger partial charge in [-0.15, -0.1) is 0 Å². The Morgan fingerprint density at radius 3 is 2.59 bits per heavy atom. The summed E-state index contributed by atoms with van der Waals surface area (Å²) < 4.78 is 0. The first-order chi connectivity index (χ1) is 8.16. The number of piperazine rings is 1. The van der Waals surface area contributed by atoms with Gasteiger partial charge in [-0.05, 0) is 34.0 Å². The first-order valence-corrected chi connectivity index (χ1v) is 7.00. The summed E-state index contributed by atoms with van der Waals surface area (Å²) in [6.45, 7) is 10.8. The van der Waals surface area contributed by atoms with E-state index in [-0.39, 0.29) is 0 Å². The standard InChI is InChI=1S/C13H28N4/c1-12(17-8-5-14-6-9-17)10-16(3)13-4-7-15(2)11-13/h12-14H,4-11H2,1-3H3. The van der Waals surface area contributed by atoms with Gasteiger partial charge >= 0.3 is 0 Å². The maximum Gasteiger partial charge on any atom is 0.0232 e. The van der Waals surface area contributed by atoms with Crippen LogP contribution in [0, 0.1) is 0 Å². The van der Waals surface area contributed by atoms with E-state index < -0.39 is 0 Å². The lowest BCUT2D eigenvalue weighted by molar-refractivity contribution is 0.128. The molecular formula is C13H28N4. The zero-order valence-corrected chi connectivity index (χ0v) is 11.7. The third-order valence-electron chi connectivity index (χ3n) is 4.32. The molecule has 0 bridgehead atoms. The molecule has 0 aliphatic carbocycles. The fraction of sp³-hybridized carbons (Fsp3) is 1.00. The molecule has 0 radical (unpaired) electrons. The fourth-order valence-corrected chi connectivity index (χ4v) is 3.08. The Labute approximate surface area is 106 Å². The highest BCUT2D eigenvalue weighted by atomic mass is 15.3. The van der Waals surface area contributed by atoms with Gasteiger partial charge in [0.2, 0.25) is 0 Å². The van der Waals surface area contributed by atoms with E-state index in [0.29, 0.717) is 6.04 Å². The summed E-state index contributed by atoms with van der Waals surface area (Å²) in [7, 11) is 4.52. The molecular weight excluding hydrogens is 212 g/mol. The van der Waals surface area contributed by atoms with Crippen molar-refractivity contribution in [1.29, 1.82) is 0 Å². The number of likely N-dealkylation sites (N-methyl/N-ethyl adjacent to an activating group) is 2. The molecule has 0 amide bonds. The molecule has 2 aliphatic rings. The van der Waals surface area contributed by atoms with E-state index >= 15 is 0 Å². The molecule has 4 heteroatoms. The molecule has 4 nitrogen and oxygen atoms in total. The topological polar surface area (TPSA) is 21.8 Å². The molecule has 2 rings (SSSR count). The zero-order valence-electron chi connectivity index (χ0n) is 11.7. The molecule has 0 aromatic rings. The van der Waals surface area contributed by atoms with E-state index in [1.165, 1.54) is 39.1 Å². The first-order valence-electron chi connectivity index (χ1n) is 7.00. The lowest BCUT2D eigenvalue weighted by atomic mass is 10.2. The highest BCUT2D eigenvalue weighted by Gasteiger charge is 2.25. The predicted molar refractivity (Wildman–Crippen MR) is 72.4 cm³/mol. The van der Waals surface area contributed by atoms with Gasteiger partial charge in [0, 0.05) is 51.4 Å². The van der Waals surface area contributed by atoms with Crippen LogP contribution in [0.4, 0.5) is 0 Å². The molecule has 0 saturated carbocycles. The molecule has 0 aromatic carbocycles. The quantitative estimate of drug-likeness (QED) is 0.742. The molecule has 2 aliphatic heterocycles. The molecule has 100 valence electrons. The molecule has 2 unspecified atom stereocenters. The molecule has 2 heterocycles. The third-order valence-corrected chi connectivity index (χ3v) is 4.32. The van der Waals surface area contributed by atoms with Crippen molar-refractivity contribution in [1.82, 2.24) is 20.0 Å². The molecule has 2 atom stereocenters. The van der Waals surface area contributed by atoms with E-state index in [4.69, 9.17) is 0 Å². The van der Waals surface area contributed by atoms with Crippen molar-refractivity contribution in [3.8, 4) is 0 Å². The van der Waals surface area contributed by atoms with Crippen LogP contribution in [0.15, 0.2) is 0 Å². The minimum atomic E-state index is 0.688. The van der Waals surface area contributed by atoms with Crippen molar-refractivity contribution in [2.24, 2.45) is 0 Å². The van der Waals surface area contributed by atoms with Crippen molar-refractivity contribution in [2.75, 3.05) is 59.9 Å². The molecule has 2 saturated heterocycles. The summed E-state index contributed by atoms with van der Waals surface area (Å²) in [6, 6.07) is 1.46. The van der Waals surface area contributed by atoms with E-state index in [1.807, 2.05) is 0 Å². The van der Waals surface area contributed by atoms with Gasteiger partial charge in [-0.25, -0.2) is 0 Å². The van der Waals surface area contributed by atoms with Gasteiger partial charge in [0.15, 0.2) is 0 Å². The van der Waals surface area contributed by atoms with E-state index in [9.17, 15) is 0 Å². The number of nitrogens with one attached hydrogen (secondary N) is 1. The number of hydrogen-bond acceptors (Lipinski definition) is 4. The van der Waals surface area contributed by atoms with Crippen molar-refractivity contribution in [3.63, 3.8) is 0 Å². The van der Waals surface area contributed by atoms with Crippen molar-refractivity contribution >= 4 is 0 Å². The predicted octanol–water partition coefficient (Wildman–Crippen LogP) is -0.0840. The van der Waals surface area contributed by atoms with Gasteiger partial charge in [0.1, 0.15) is 0 Å². The lowest BCUT2D eigenvalue weighted by Gasteiger charge is -2.36. The first kappa shape index (κ1) is 13.3. The largest absolute Gasteiger partial charge is 0.314 e. The van der Waals surface area contributed by atoms with Crippen LogP contribution in [0.3, 0.4) is 0 Å². The van der Waals surface area contributed by atoms with Gasteiger partial charge in [-0.2, -0.15) is 0 Å². The third kappa shape index (κ3) is 3.65. The highest BCUT2D eigenvalue weighted by Crippen LogP contribution is 2.14. The number of nitrogens with zero attached hydrogens (tertiary/aromatic N) is 3. The Balaban J connectivity index is 1.75. The lowest BCUT2D eigenvalue weighted by Crippen LogP contribution is -2.51. The Hall–Kier alpha value is -0.160. The second-order valence-corrected chi connectivity index (χ2v) is 5.78. The second-order valence-electron chi connectivity index (χ2n) is 5.78. The summed E-state index contributed by atoms with van der Waals surface area (Å²) in [5, 5.41) is 3.42. The number of hydrogen-bond donors (Lipinski definition) is 1. The number of likely N-dealkylation sites (tertiary alicyclic amines) is 1. The van der Waals surface area contributed by atoms with Gasteiger partial charge < -0.3 is 15.1 Å². The maximum atomic E-state index is 3.42. The van der Waals surface area contributed by atoms with Crippen LogP contribution in [0.2, 0.25) is 0 Å². The van der Waals surface area contributed by atoms with E-state index in [0.717, 1.165) is 19.1 Å². The van der Waals surface area contributed by atoms with Crippen LogP contribution in [0.25, 0.3) is 0 Å². The fourth-order valence-electron chi connectivity index (χ4n) is 3.08. The van der Waals surface area contributed by atoms with Crippen LogP contribution < -0.4 is 5.32 Å². The molecule has 0 aromatic heterocycles. The normalized spacial score (nSPS) is 30.0. The highest BCUT2D eigenvalue weighted by molar-refractivity contribution is 4.83. The average Bonchev–Trinajstić information content (AvgIpc) is 2.77. The van der Waals surface area contributed by atoms with E-state index in [1.54, 1.807) is 0 Å². The van der Waals surface area contributed by atoms with Gasteiger partial charge in [-0.1, -0.05) is 0 Å². The van der Waals surface area contributed by atoms with Gasteiger partial charge in [-0.3, -0.25) is 4.90 Å². The van der Waals surface area contributed by atoms with Crippen LogP contribution in [0.5, 0.6) is 0 Å². The summed E-state index contributed by atoms with van der Waals surface area (Å²) in [6.07, 6.45) is 1.33. The van der Waals surface area contributed by atoms with Crippen LogP contribution in [0.1, 0.15) is 13.3 Å². The van der Waals surface area contributed by atoms with Crippen LogP contribution in [-0.2, 0) is 0 Å².